The molecule has 2 nitrogen and oxygen atoms in total. The number of rotatable bonds is 2. The average molecular weight is 223 g/mol. The summed E-state index contributed by atoms with van der Waals surface area (Å²) in [5.41, 5.74) is 7.31. The molecule has 0 bridgehead atoms. The minimum absolute atomic E-state index is 0.211. The van der Waals surface area contributed by atoms with Crippen molar-refractivity contribution in [3.05, 3.63) is 23.8 Å². The summed E-state index contributed by atoms with van der Waals surface area (Å²) in [4.78, 5) is 0.946. The molecule has 0 spiro atoms. The number of aromatic hydroxyl groups is 1. The molecule has 0 atom stereocenters. The Labute approximate surface area is 94.9 Å². The van der Waals surface area contributed by atoms with Crippen LogP contribution in [0.4, 0.5) is 0 Å². The van der Waals surface area contributed by atoms with Gasteiger partial charge in [-0.1, -0.05) is 25.0 Å². The molecule has 0 radical (unpaired) electrons. The van der Waals surface area contributed by atoms with Gasteiger partial charge in [0.2, 0.25) is 0 Å². The van der Waals surface area contributed by atoms with Gasteiger partial charge < -0.3 is 10.8 Å². The van der Waals surface area contributed by atoms with Crippen LogP contribution < -0.4 is 5.73 Å². The highest BCUT2D eigenvalue weighted by atomic mass is 32.2. The highest BCUT2D eigenvalue weighted by molar-refractivity contribution is 7.98. The van der Waals surface area contributed by atoms with Crippen LogP contribution in [0.3, 0.4) is 0 Å². The molecule has 3 heteroatoms. The summed E-state index contributed by atoms with van der Waals surface area (Å²) >= 11 is 1.58. The van der Waals surface area contributed by atoms with Gasteiger partial charge in [-0.25, -0.2) is 0 Å². The Kier molecular flexibility index (Phi) is 2.94. The van der Waals surface area contributed by atoms with Gasteiger partial charge in [-0.2, -0.15) is 0 Å². The minimum Gasteiger partial charge on any atom is -0.507 e. The van der Waals surface area contributed by atoms with Crippen LogP contribution >= 0.6 is 11.8 Å². The fraction of sp³-hybridized carbons (Fsp3) is 0.500. The first kappa shape index (κ1) is 10.8. The summed E-state index contributed by atoms with van der Waals surface area (Å²) in [6.45, 7) is 0. The number of benzene rings is 1. The van der Waals surface area contributed by atoms with Crippen molar-refractivity contribution in [2.75, 3.05) is 6.26 Å². The predicted molar refractivity (Wildman–Crippen MR) is 64.2 cm³/mol. The van der Waals surface area contributed by atoms with E-state index >= 15 is 0 Å². The van der Waals surface area contributed by atoms with Gasteiger partial charge in [0.1, 0.15) is 5.75 Å². The third-order valence-electron chi connectivity index (χ3n) is 3.23. The lowest BCUT2D eigenvalue weighted by molar-refractivity contribution is 0.428. The molecule has 15 heavy (non-hydrogen) atoms. The quantitative estimate of drug-likeness (QED) is 0.758. The van der Waals surface area contributed by atoms with E-state index in [0.29, 0.717) is 5.75 Å². The maximum absolute atomic E-state index is 9.79. The van der Waals surface area contributed by atoms with Crippen LogP contribution in [0.2, 0.25) is 0 Å². The molecule has 0 heterocycles. The summed E-state index contributed by atoms with van der Waals surface area (Å²) in [5.74, 6) is 0.358. The molecule has 0 aromatic heterocycles. The highest BCUT2D eigenvalue weighted by Crippen LogP contribution is 2.42. The summed E-state index contributed by atoms with van der Waals surface area (Å²) in [6, 6.07) is 5.67. The van der Waals surface area contributed by atoms with E-state index in [4.69, 9.17) is 5.73 Å². The maximum atomic E-state index is 9.79. The molecule has 1 aliphatic rings. The number of nitrogens with two attached hydrogens (primary N) is 1. The van der Waals surface area contributed by atoms with Crippen LogP contribution in [-0.4, -0.2) is 11.4 Å². The number of thioether (sulfide) groups is 1. The van der Waals surface area contributed by atoms with Crippen molar-refractivity contribution < 1.29 is 5.11 Å². The van der Waals surface area contributed by atoms with Crippen LogP contribution in [0.15, 0.2) is 23.1 Å². The van der Waals surface area contributed by atoms with E-state index in [0.717, 1.165) is 23.3 Å². The second kappa shape index (κ2) is 4.06. The van der Waals surface area contributed by atoms with Gasteiger partial charge in [0.15, 0.2) is 0 Å². The molecular formula is C12H17NOS. The lowest BCUT2D eigenvalue weighted by atomic mass is 9.89. The van der Waals surface area contributed by atoms with E-state index < -0.39 is 0 Å². The van der Waals surface area contributed by atoms with E-state index in [2.05, 4.69) is 6.07 Å². The van der Waals surface area contributed by atoms with E-state index in [9.17, 15) is 5.11 Å². The van der Waals surface area contributed by atoms with Crippen molar-refractivity contribution >= 4 is 11.8 Å². The summed E-state index contributed by atoms with van der Waals surface area (Å²) in [6.07, 6.45) is 6.44. The Hall–Kier alpha value is -0.670. The zero-order valence-electron chi connectivity index (χ0n) is 8.99. The van der Waals surface area contributed by atoms with Crippen molar-refractivity contribution in [3.63, 3.8) is 0 Å². The van der Waals surface area contributed by atoms with E-state index in [1.54, 1.807) is 17.8 Å². The van der Waals surface area contributed by atoms with Crippen molar-refractivity contribution in [1.29, 1.82) is 0 Å². The predicted octanol–water partition coefficient (Wildman–Crippen LogP) is 2.84. The fourth-order valence-corrected chi connectivity index (χ4v) is 3.18. The monoisotopic (exact) mass is 223 g/mol. The molecule has 0 unspecified atom stereocenters. The second-order valence-electron chi connectivity index (χ2n) is 4.22. The van der Waals surface area contributed by atoms with Gasteiger partial charge in [0.25, 0.3) is 0 Å². The maximum Gasteiger partial charge on any atom is 0.129 e. The van der Waals surface area contributed by atoms with Gasteiger partial charge >= 0.3 is 0 Å². The lowest BCUT2D eigenvalue weighted by Gasteiger charge is -2.26. The molecule has 1 fully saturated rings. The average Bonchev–Trinajstić information content (AvgIpc) is 2.66. The molecule has 1 aromatic carbocycles. The molecule has 0 saturated heterocycles. The summed E-state index contributed by atoms with van der Waals surface area (Å²) < 4.78 is 0. The van der Waals surface area contributed by atoms with Crippen molar-refractivity contribution in [1.82, 2.24) is 0 Å². The summed E-state index contributed by atoms with van der Waals surface area (Å²) in [7, 11) is 0. The van der Waals surface area contributed by atoms with Gasteiger partial charge in [-0.3, -0.25) is 0 Å². The number of phenols is 1. The third-order valence-corrected chi connectivity index (χ3v) is 4.07. The molecule has 3 N–H and O–H groups in total. The van der Waals surface area contributed by atoms with Gasteiger partial charge in [0, 0.05) is 5.54 Å². The van der Waals surface area contributed by atoms with Crippen molar-refractivity contribution in [3.8, 4) is 5.75 Å². The number of hydrogen-bond acceptors (Lipinski definition) is 3. The molecular weight excluding hydrogens is 206 g/mol. The first-order valence-corrected chi connectivity index (χ1v) is 6.55. The Morgan fingerprint density at radius 2 is 2.00 bits per heavy atom. The minimum atomic E-state index is -0.211. The molecule has 0 amide bonds. The van der Waals surface area contributed by atoms with Crippen LogP contribution in [0.1, 0.15) is 31.2 Å². The van der Waals surface area contributed by atoms with E-state index in [1.807, 2.05) is 12.3 Å². The van der Waals surface area contributed by atoms with Crippen molar-refractivity contribution in [2.24, 2.45) is 5.73 Å². The molecule has 1 saturated carbocycles. The molecule has 0 aliphatic heterocycles. The Morgan fingerprint density at radius 1 is 1.33 bits per heavy atom. The first-order valence-electron chi connectivity index (χ1n) is 5.33. The highest BCUT2D eigenvalue weighted by Gasteiger charge is 2.33. The molecule has 2 rings (SSSR count). The zero-order valence-corrected chi connectivity index (χ0v) is 9.81. The van der Waals surface area contributed by atoms with Crippen LogP contribution in [-0.2, 0) is 5.54 Å². The number of phenolic OH excluding ortho intramolecular Hbond substituents is 1. The molecule has 1 aliphatic carbocycles. The Balaban J connectivity index is 2.47. The Bertz CT molecular complexity index is 359. The third kappa shape index (κ3) is 1.86. The van der Waals surface area contributed by atoms with Crippen LogP contribution in [0.25, 0.3) is 0 Å². The lowest BCUT2D eigenvalue weighted by Crippen LogP contribution is -2.33. The summed E-state index contributed by atoms with van der Waals surface area (Å²) in [5, 5.41) is 9.79. The first-order chi connectivity index (χ1) is 7.17. The van der Waals surface area contributed by atoms with Crippen molar-refractivity contribution in [2.45, 2.75) is 36.1 Å². The smallest absolute Gasteiger partial charge is 0.129 e. The largest absolute Gasteiger partial charge is 0.507 e. The SMILES string of the molecule is CSc1c(O)cccc1C1(N)CCCC1. The normalized spacial score (nSPS) is 19.3. The van der Waals surface area contributed by atoms with Gasteiger partial charge in [-0.15, -0.1) is 11.8 Å². The Morgan fingerprint density at radius 3 is 2.60 bits per heavy atom. The zero-order chi connectivity index (χ0) is 10.9. The van der Waals surface area contributed by atoms with Crippen LogP contribution in [0, 0.1) is 0 Å². The number of hydrogen-bond donors (Lipinski definition) is 2. The van der Waals surface area contributed by atoms with Gasteiger partial charge in [-0.05, 0) is 30.7 Å². The van der Waals surface area contributed by atoms with E-state index in [1.165, 1.54) is 12.8 Å². The molecule has 82 valence electrons. The second-order valence-corrected chi connectivity index (χ2v) is 5.04. The fourth-order valence-electron chi connectivity index (χ4n) is 2.41. The standard InChI is InChI=1S/C12H17NOS/c1-15-11-9(5-4-6-10(11)14)12(13)7-2-3-8-12/h4-6,14H,2-3,7-8,13H2,1H3. The van der Waals surface area contributed by atoms with E-state index in [-0.39, 0.29) is 5.54 Å². The topological polar surface area (TPSA) is 46.2 Å². The molecule has 1 aromatic rings. The van der Waals surface area contributed by atoms with Crippen LogP contribution in [0.5, 0.6) is 5.75 Å². The van der Waals surface area contributed by atoms with Gasteiger partial charge in [0.05, 0.1) is 4.90 Å².